The van der Waals surface area contributed by atoms with Gasteiger partial charge in [-0.15, -0.1) is 0 Å². The third-order valence-electron chi connectivity index (χ3n) is 5.20. The maximum Gasteiger partial charge on any atom is 0.305 e. The van der Waals surface area contributed by atoms with Gasteiger partial charge in [-0.3, -0.25) is 14.4 Å². The number of carbonyl (C=O) groups excluding carboxylic acids is 1. The SMILES string of the molecule is CO[C@H]1C[C@@H](CC(=O)O)N(C(=O)c2cc3c([nH]c2=O)CCCCC3)C1. The smallest absolute Gasteiger partial charge is 0.305 e. The number of nitrogens with one attached hydrogen (secondary N) is 1. The Kier molecular flexibility index (Phi) is 5.22. The Balaban J connectivity index is 1.90. The summed E-state index contributed by atoms with van der Waals surface area (Å²) in [5, 5.41) is 9.10. The number of aromatic nitrogens is 1. The molecule has 0 radical (unpaired) electrons. The third kappa shape index (κ3) is 3.76. The van der Waals surface area contributed by atoms with E-state index in [4.69, 9.17) is 9.84 Å². The largest absolute Gasteiger partial charge is 0.481 e. The standard InChI is InChI=1S/C18H24N2O5/c1-25-13-8-12(9-16(21)22)20(10-13)18(24)14-7-11-5-3-2-4-6-15(11)19-17(14)23/h7,12-13H,2-6,8-10H2,1H3,(H,19,23)(H,21,22)/t12-,13-/m0/s1. The summed E-state index contributed by atoms with van der Waals surface area (Å²) in [6.45, 7) is 0.309. The minimum Gasteiger partial charge on any atom is -0.481 e. The number of amides is 1. The summed E-state index contributed by atoms with van der Waals surface area (Å²) >= 11 is 0. The van der Waals surface area contributed by atoms with Crippen molar-refractivity contribution in [3.63, 3.8) is 0 Å². The number of hydrogen-bond acceptors (Lipinski definition) is 4. The normalized spacial score (nSPS) is 23.2. The van der Waals surface area contributed by atoms with E-state index >= 15 is 0 Å². The van der Waals surface area contributed by atoms with Gasteiger partial charge in [-0.2, -0.15) is 0 Å². The molecule has 1 aromatic heterocycles. The van der Waals surface area contributed by atoms with E-state index in [9.17, 15) is 14.4 Å². The van der Waals surface area contributed by atoms with Gasteiger partial charge in [-0.1, -0.05) is 6.42 Å². The molecule has 136 valence electrons. The van der Waals surface area contributed by atoms with Crippen LogP contribution in [0.4, 0.5) is 0 Å². The molecule has 0 aromatic carbocycles. The molecule has 2 atom stereocenters. The van der Waals surface area contributed by atoms with Crippen molar-refractivity contribution >= 4 is 11.9 Å². The van der Waals surface area contributed by atoms with Crippen molar-refractivity contribution in [2.24, 2.45) is 0 Å². The van der Waals surface area contributed by atoms with E-state index in [1.165, 1.54) is 4.90 Å². The number of carbonyl (C=O) groups is 2. The molecule has 3 rings (SSSR count). The van der Waals surface area contributed by atoms with Crippen LogP contribution in [0.25, 0.3) is 0 Å². The van der Waals surface area contributed by atoms with Crippen LogP contribution in [-0.4, -0.2) is 52.7 Å². The summed E-state index contributed by atoms with van der Waals surface area (Å²) in [5.41, 5.74) is 1.67. The second kappa shape index (κ2) is 7.39. The molecule has 0 spiro atoms. The van der Waals surface area contributed by atoms with E-state index in [0.717, 1.165) is 43.4 Å². The molecule has 2 heterocycles. The number of rotatable bonds is 4. The molecule has 0 saturated carbocycles. The number of aryl methyl sites for hydroxylation is 2. The molecular formula is C18H24N2O5. The summed E-state index contributed by atoms with van der Waals surface area (Å²) < 4.78 is 5.30. The zero-order valence-electron chi connectivity index (χ0n) is 14.4. The number of likely N-dealkylation sites (tertiary alicyclic amines) is 1. The first-order valence-electron chi connectivity index (χ1n) is 8.80. The fourth-order valence-corrected chi connectivity index (χ4v) is 3.85. The van der Waals surface area contributed by atoms with Crippen molar-refractivity contribution in [2.75, 3.05) is 13.7 Å². The number of pyridine rings is 1. The zero-order valence-corrected chi connectivity index (χ0v) is 14.4. The molecular weight excluding hydrogens is 324 g/mol. The first-order valence-corrected chi connectivity index (χ1v) is 8.80. The second-order valence-electron chi connectivity index (χ2n) is 6.88. The lowest BCUT2D eigenvalue weighted by molar-refractivity contribution is -0.137. The molecule has 0 bridgehead atoms. The number of H-pyrrole nitrogens is 1. The molecule has 0 unspecified atom stereocenters. The maximum absolute atomic E-state index is 13.0. The van der Waals surface area contributed by atoms with Crippen molar-refractivity contribution in [1.82, 2.24) is 9.88 Å². The molecule has 2 N–H and O–H groups in total. The number of carboxylic acid groups (broad SMARTS) is 1. The summed E-state index contributed by atoms with van der Waals surface area (Å²) in [7, 11) is 1.55. The Morgan fingerprint density at radius 2 is 2.08 bits per heavy atom. The van der Waals surface area contributed by atoms with Gasteiger partial charge in [0, 0.05) is 25.4 Å². The summed E-state index contributed by atoms with van der Waals surface area (Å²) in [4.78, 5) is 40.8. The predicted octanol–water partition coefficient (Wildman–Crippen LogP) is 1.35. The molecule has 7 nitrogen and oxygen atoms in total. The summed E-state index contributed by atoms with van der Waals surface area (Å²) in [6, 6.07) is 1.26. The molecule has 1 saturated heterocycles. The van der Waals surface area contributed by atoms with Crippen molar-refractivity contribution in [3.8, 4) is 0 Å². The minimum atomic E-state index is -0.963. The Hall–Kier alpha value is -2.15. The van der Waals surface area contributed by atoms with Crippen LogP contribution in [0.1, 0.15) is 53.7 Å². The third-order valence-corrected chi connectivity index (χ3v) is 5.20. The molecule has 2 aliphatic rings. The van der Waals surface area contributed by atoms with Crippen LogP contribution in [0, 0.1) is 0 Å². The molecule has 1 aromatic rings. The van der Waals surface area contributed by atoms with Gasteiger partial charge >= 0.3 is 5.97 Å². The van der Waals surface area contributed by atoms with Gasteiger partial charge in [-0.25, -0.2) is 0 Å². The van der Waals surface area contributed by atoms with Gasteiger partial charge in [0.1, 0.15) is 5.56 Å². The van der Waals surface area contributed by atoms with E-state index in [1.54, 1.807) is 13.2 Å². The van der Waals surface area contributed by atoms with Gasteiger partial charge in [0.05, 0.1) is 12.5 Å². The van der Waals surface area contributed by atoms with Crippen molar-refractivity contribution in [3.05, 3.63) is 33.2 Å². The van der Waals surface area contributed by atoms with Crippen LogP contribution >= 0.6 is 0 Å². The van der Waals surface area contributed by atoms with Crippen LogP contribution in [-0.2, 0) is 22.4 Å². The predicted molar refractivity (Wildman–Crippen MR) is 90.8 cm³/mol. The van der Waals surface area contributed by atoms with E-state index in [-0.39, 0.29) is 23.6 Å². The minimum absolute atomic E-state index is 0.104. The molecule has 25 heavy (non-hydrogen) atoms. The highest BCUT2D eigenvalue weighted by Gasteiger charge is 2.37. The monoisotopic (exact) mass is 348 g/mol. The Labute approximate surface area is 146 Å². The molecule has 1 aliphatic carbocycles. The van der Waals surface area contributed by atoms with Crippen LogP contribution in [0.3, 0.4) is 0 Å². The van der Waals surface area contributed by atoms with Crippen molar-refractivity contribution in [1.29, 1.82) is 0 Å². The summed E-state index contributed by atoms with van der Waals surface area (Å²) in [6.07, 6.45) is 5.01. The van der Waals surface area contributed by atoms with E-state index in [1.807, 2.05) is 0 Å². The van der Waals surface area contributed by atoms with Gasteiger partial charge < -0.3 is 19.7 Å². The van der Waals surface area contributed by atoms with Gasteiger partial charge in [0.15, 0.2) is 0 Å². The topological polar surface area (TPSA) is 99.7 Å². The van der Waals surface area contributed by atoms with E-state index in [0.29, 0.717) is 13.0 Å². The average Bonchev–Trinajstić information content (AvgIpc) is 2.83. The van der Waals surface area contributed by atoms with Crippen LogP contribution in [0.5, 0.6) is 0 Å². The Morgan fingerprint density at radius 1 is 1.32 bits per heavy atom. The number of fused-ring (bicyclic) bond motifs is 1. The number of ether oxygens (including phenoxy) is 1. The Morgan fingerprint density at radius 3 is 2.80 bits per heavy atom. The fourth-order valence-electron chi connectivity index (χ4n) is 3.85. The molecule has 1 fully saturated rings. The highest BCUT2D eigenvalue weighted by Crippen LogP contribution is 2.25. The maximum atomic E-state index is 13.0. The van der Waals surface area contributed by atoms with Gasteiger partial charge in [0.25, 0.3) is 11.5 Å². The number of methoxy groups -OCH3 is 1. The molecule has 7 heteroatoms. The highest BCUT2D eigenvalue weighted by atomic mass is 16.5. The Bertz CT molecular complexity index is 727. The van der Waals surface area contributed by atoms with E-state index in [2.05, 4.69) is 4.98 Å². The van der Waals surface area contributed by atoms with Gasteiger partial charge in [-0.05, 0) is 43.7 Å². The van der Waals surface area contributed by atoms with Crippen molar-refractivity contribution in [2.45, 2.75) is 57.1 Å². The van der Waals surface area contributed by atoms with Crippen LogP contribution in [0.15, 0.2) is 10.9 Å². The second-order valence-corrected chi connectivity index (χ2v) is 6.88. The average molecular weight is 348 g/mol. The number of hydrogen-bond donors (Lipinski definition) is 2. The molecule has 1 aliphatic heterocycles. The van der Waals surface area contributed by atoms with Crippen molar-refractivity contribution < 1.29 is 19.4 Å². The van der Waals surface area contributed by atoms with Crippen LogP contribution in [0.2, 0.25) is 0 Å². The summed E-state index contributed by atoms with van der Waals surface area (Å²) in [5.74, 6) is -1.37. The number of nitrogens with zero attached hydrogens (tertiary/aromatic N) is 1. The number of aliphatic carboxylic acids is 1. The highest BCUT2D eigenvalue weighted by molar-refractivity contribution is 5.94. The van der Waals surface area contributed by atoms with E-state index < -0.39 is 17.9 Å². The zero-order chi connectivity index (χ0) is 18.0. The van der Waals surface area contributed by atoms with Gasteiger partial charge in [0.2, 0.25) is 0 Å². The lowest BCUT2D eigenvalue weighted by Gasteiger charge is -2.23. The number of carboxylic acids is 1. The van der Waals surface area contributed by atoms with Crippen LogP contribution < -0.4 is 5.56 Å². The first-order chi connectivity index (χ1) is 12.0. The first kappa shape index (κ1) is 17.7. The quantitative estimate of drug-likeness (QED) is 0.800. The fraction of sp³-hybridized carbons (Fsp3) is 0.611. The lowest BCUT2D eigenvalue weighted by Crippen LogP contribution is -2.40. The number of aromatic amines is 1. The molecule has 1 amide bonds. The lowest BCUT2D eigenvalue weighted by atomic mass is 10.0.